The van der Waals surface area contributed by atoms with E-state index in [9.17, 15) is 4.79 Å². The lowest BCUT2D eigenvalue weighted by Crippen LogP contribution is -2.59. The van der Waals surface area contributed by atoms with Crippen molar-refractivity contribution in [3.05, 3.63) is 0 Å². The highest BCUT2D eigenvalue weighted by Gasteiger charge is 2.34. The summed E-state index contributed by atoms with van der Waals surface area (Å²) in [5, 5.41) is 0. The molecule has 2 N–H and O–H groups in total. The minimum atomic E-state index is -0.0517. The Morgan fingerprint density at radius 1 is 1.47 bits per heavy atom. The molecular weight excluding hydrogens is 190 g/mol. The lowest BCUT2D eigenvalue weighted by atomic mass is 9.98. The summed E-state index contributed by atoms with van der Waals surface area (Å²) in [7, 11) is 2.11. The van der Waals surface area contributed by atoms with Crippen LogP contribution in [0.2, 0.25) is 0 Å². The molecular formula is C11H23N3O. The molecule has 1 fully saturated rings. The monoisotopic (exact) mass is 213 g/mol. The van der Waals surface area contributed by atoms with Gasteiger partial charge < -0.3 is 10.6 Å². The van der Waals surface area contributed by atoms with Gasteiger partial charge >= 0.3 is 0 Å². The molecule has 15 heavy (non-hydrogen) atoms. The number of nitrogens with two attached hydrogens (primary N) is 1. The number of carbonyl (C=O) groups is 1. The summed E-state index contributed by atoms with van der Waals surface area (Å²) in [6, 6.07) is 0. The largest absolute Gasteiger partial charge is 0.339 e. The Labute approximate surface area is 92.4 Å². The van der Waals surface area contributed by atoms with Crippen LogP contribution in [0.3, 0.4) is 0 Å². The van der Waals surface area contributed by atoms with Crippen molar-refractivity contribution in [2.75, 3.05) is 33.2 Å². The number of nitrogens with zero attached hydrogens (tertiary/aromatic N) is 2. The molecule has 0 aliphatic carbocycles. The van der Waals surface area contributed by atoms with Crippen LogP contribution in [0.5, 0.6) is 0 Å². The molecule has 1 aliphatic heterocycles. The molecule has 1 rings (SSSR count). The third kappa shape index (κ3) is 2.69. The fourth-order valence-corrected chi connectivity index (χ4v) is 1.84. The molecule has 0 aromatic carbocycles. The normalized spacial score (nSPS) is 23.9. The van der Waals surface area contributed by atoms with E-state index in [2.05, 4.69) is 25.8 Å². The van der Waals surface area contributed by atoms with Gasteiger partial charge in [0.2, 0.25) is 5.91 Å². The molecule has 1 atom stereocenters. The van der Waals surface area contributed by atoms with E-state index in [1.807, 2.05) is 11.8 Å². The zero-order valence-electron chi connectivity index (χ0n) is 10.3. The summed E-state index contributed by atoms with van der Waals surface area (Å²) in [5.41, 5.74) is 5.59. The summed E-state index contributed by atoms with van der Waals surface area (Å²) in [5.74, 6) is 0.142. The molecule has 1 saturated heterocycles. The summed E-state index contributed by atoms with van der Waals surface area (Å²) >= 11 is 0. The second kappa shape index (κ2) is 4.49. The van der Waals surface area contributed by atoms with Crippen LogP contribution in [-0.4, -0.2) is 54.5 Å². The third-order valence-electron chi connectivity index (χ3n) is 3.40. The van der Waals surface area contributed by atoms with Crippen LogP contribution in [0.15, 0.2) is 0 Å². The van der Waals surface area contributed by atoms with Gasteiger partial charge in [-0.3, -0.25) is 9.69 Å². The Hall–Kier alpha value is -0.610. The molecule has 0 saturated carbocycles. The van der Waals surface area contributed by atoms with Crippen LogP contribution in [-0.2, 0) is 4.79 Å². The van der Waals surface area contributed by atoms with Crippen molar-refractivity contribution in [2.45, 2.75) is 26.3 Å². The van der Waals surface area contributed by atoms with E-state index >= 15 is 0 Å². The second-order valence-electron chi connectivity index (χ2n) is 5.13. The molecule has 0 radical (unpaired) electrons. The fraction of sp³-hybridized carbons (Fsp3) is 0.909. The highest BCUT2D eigenvalue weighted by Crippen LogP contribution is 2.19. The first-order valence-corrected chi connectivity index (χ1v) is 5.58. The summed E-state index contributed by atoms with van der Waals surface area (Å²) in [6.07, 6.45) is 0. The summed E-state index contributed by atoms with van der Waals surface area (Å²) in [6.45, 7) is 9.23. The van der Waals surface area contributed by atoms with E-state index in [0.29, 0.717) is 6.54 Å². The maximum atomic E-state index is 12.0. The topological polar surface area (TPSA) is 49.6 Å². The van der Waals surface area contributed by atoms with Crippen molar-refractivity contribution >= 4 is 5.91 Å². The standard InChI is InChI=1S/C11H23N3O/c1-9(7-12)10(15)14-6-5-13(4)11(2,3)8-14/h9H,5-8,12H2,1-4H3. The SMILES string of the molecule is CC(CN)C(=O)N1CCN(C)C(C)(C)C1. The van der Waals surface area contributed by atoms with Crippen LogP contribution in [0.1, 0.15) is 20.8 Å². The molecule has 4 nitrogen and oxygen atoms in total. The number of piperazine rings is 1. The van der Waals surface area contributed by atoms with Crippen LogP contribution in [0.4, 0.5) is 0 Å². The van der Waals surface area contributed by atoms with Crippen LogP contribution in [0.25, 0.3) is 0 Å². The number of likely N-dealkylation sites (N-methyl/N-ethyl adjacent to an activating group) is 1. The van der Waals surface area contributed by atoms with Gasteiger partial charge in [-0.1, -0.05) is 6.92 Å². The predicted molar refractivity (Wildman–Crippen MR) is 61.5 cm³/mol. The van der Waals surface area contributed by atoms with Crippen molar-refractivity contribution in [3.8, 4) is 0 Å². The average molecular weight is 213 g/mol. The van der Waals surface area contributed by atoms with E-state index in [1.54, 1.807) is 0 Å². The van der Waals surface area contributed by atoms with Gasteiger partial charge in [0.05, 0.1) is 0 Å². The smallest absolute Gasteiger partial charge is 0.226 e. The second-order valence-corrected chi connectivity index (χ2v) is 5.13. The first-order valence-electron chi connectivity index (χ1n) is 5.58. The lowest BCUT2D eigenvalue weighted by Gasteiger charge is -2.45. The average Bonchev–Trinajstić information content (AvgIpc) is 2.19. The van der Waals surface area contributed by atoms with Gasteiger partial charge in [-0.2, -0.15) is 0 Å². The summed E-state index contributed by atoms with van der Waals surface area (Å²) < 4.78 is 0. The fourth-order valence-electron chi connectivity index (χ4n) is 1.84. The zero-order chi connectivity index (χ0) is 11.6. The number of hydrogen-bond acceptors (Lipinski definition) is 3. The van der Waals surface area contributed by atoms with Gasteiger partial charge in [0.25, 0.3) is 0 Å². The van der Waals surface area contributed by atoms with Gasteiger partial charge in [0.1, 0.15) is 0 Å². The highest BCUT2D eigenvalue weighted by atomic mass is 16.2. The molecule has 1 heterocycles. The van der Waals surface area contributed by atoms with Crippen molar-refractivity contribution < 1.29 is 4.79 Å². The number of amides is 1. The Kier molecular flexibility index (Phi) is 3.73. The first kappa shape index (κ1) is 12.5. The summed E-state index contributed by atoms with van der Waals surface area (Å²) in [4.78, 5) is 16.2. The predicted octanol–water partition coefficient (Wildman–Crippen LogP) is 0.134. The van der Waals surface area contributed by atoms with Crippen molar-refractivity contribution in [1.82, 2.24) is 9.80 Å². The molecule has 0 spiro atoms. The number of carbonyl (C=O) groups excluding carboxylic acids is 1. The van der Waals surface area contributed by atoms with Crippen molar-refractivity contribution in [3.63, 3.8) is 0 Å². The number of rotatable bonds is 2. The quantitative estimate of drug-likeness (QED) is 0.709. The van der Waals surface area contributed by atoms with Crippen LogP contribution < -0.4 is 5.73 Å². The van der Waals surface area contributed by atoms with E-state index < -0.39 is 0 Å². The van der Waals surface area contributed by atoms with Crippen LogP contribution in [0, 0.1) is 5.92 Å². The minimum absolute atomic E-state index is 0.0517. The van der Waals surface area contributed by atoms with Gasteiger partial charge in [-0.05, 0) is 20.9 Å². The molecule has 0 aromatic rings. The molecule has 0 aromatic heterocycles. The maximum absolute atomic E-state index is 12.0. The number of hydrogen-bond donors (Lipinski definition) is 1. The van der Waals surface area contributed by atoms with Gasteiger partial charge in [0.15, 0.2) is 0 Å². The molecule has 0 bridgehead atoms. The minimum Gasteiger partial charge on any atom is -0.339 e. The van der Waals surface area contributed by atoms with Gasteiger partial charge in [0, 0.05) is 37.6 Å². The molecule has 1 aliphatic rings. The van der Waals surface area contributed by atoms with Crippen molar-refractivity contribution in [1.29, 1.82) is 0 Å². The van der Waals surface area contributed by atoms with E-state index in [1.165, 1.54) is 0 Å². The van der Waals surface area contributed by atoms with Crippen molar-refractivity contribution in [2.24, 2.45) is 11.7 Å². The molecule has 88 valence electrons. The van der Waals surface area contributed by atoms with Crippen LogP contribution >= 0.6 is 0 Å². The molecule has 4 heteroatoms. The molecule has 1 amide bonds. The van der Waals surface area contributed by atoms with E-state index in [-0.39, 0.29) is 17.4 Å². The lowest BCUT2D eigenvalue weighted by molar-refractivity contribution is -0.139. The zero-order valence-corrected chi connectivity index (χ0v) is 10.3. The van der Waals surface area contributed by atoms with Gasteiger partial charge in [-0.15, -0.1) is 0 Å². The third-order valence-corrected chi connectivity index (χ3v) is 3.40. The highest BCUT2D eigenvalue weighted by molar-refractivity contribution is 5.79. The van der Waals surface area contributed by atoms with E-state index in [4.69, 9.17) is 5.73 Å². The Morgan fingerprint density at radius 3 is 2.53 bits per heavy atom. The van der Waals surface area contributed by atoms with Gasteiger partial charge in [-0.25, -0.2) is 0 Å². The Bertz CT molecular complexity index is 240. The molecule has 1 unspecified atom stereocenters. The Morgan fingerprint density at radius 2 is 2.07 bits per heavy atom. The van der Waals surface area contributed by atoms with E-state index in [0.717, 1.165) is 19.6 Å². The first-order chi connectivity index (χ1) is 6.88. The maximum Gasteiger partial charge on any atom is 0.226 e. The Balaban J connectivity index is 2.63.